The topological polar surface area (TPSA) is 91.2 Å². The minimum Gasteiger partial charge on any atom is -0.423 e. The molecule has 0 spiro atoms. The molecule has 2 atom stereocenters. The van der Waals surface area contributed by atoms with Crippen molar-refractivity contribution < 1.29 is 19.5 Å². The molecule has 2 aliphatic heterocycles. The van der Waals surface area contributed by atoms with Crippen molar-refractivity contribution in [2.45, 2.75) is 32.7 Å². The molecule has 4 aromatic carbocycles. The Hall–Kier alpha value is -4.23. The molecule has 290 valence electrons. The summed E-state index contributed by atoms with van der Waals surface area (Å²) in [7, 11) is -1.48. The van der Waals surface area contributed by atoms with Crippen LogP contribution in [-0.2, 0) is 22.6 Å². The summed E-state index contributed by atoms with van der Waals surface area (Å²) in [5.41, 5.74) is 7.51. The van der Waals surface area contributed by atoms with Crippen molar-refractivity contribution in [3.8, 4) is 11.3 Å². The third kappa shape index (κ3) is 13.2. The van der Waals surface area contributed by atoms with Crippen LogP contribution in [0.4, 0.5) is 0 Å². The van der Waals surface area contributed by atoms with Crippen LogP contribution in [0.5, 0.6) is 0 Å². The van der Waals surface area contributed by atoms with E-state index in [0.29, 0.717) is 10.5 Å². The molecule has 56 heavy (non-hydrogen) atoms. The fraction of sp³-hybridized carbons (Fsp3) is 0.244. The molecule has 0 radical (unpaired) electrons. The van der Waals surface area contributed by atoms with Gasteiger partial charge in [0.15, 0.2) is 0 Å². The van der Waals surface area contributed by atoms with E-state index in [1.54, 1.807) is 24.3 Å². The van der Waals surface area contributed by atoms with E-state index in [1.165, 1.54) is 22.3 Å². The van der Waals surface area contributed by atoms with Crippen molar-refractivity contribution in [3.05, 3.63) is 184 Å². The van der Waals surface area contributed by atoms with Crippen molar-refractivity contribution in [3.63, 3.8) is 0 Å². The molecule has 0 unspecified atom stereocenters. The largest absolute Gasteiger partial charge is 0.489 e. The van der Waals surface area contributed by atoms with Gasteiger partial charge in [-0.25, -0.2) is 4.98 Å². The SMILES string of the molecule is Brc1ccc(CN2CCO[C@@H](c3ccccc3)C2)cn1.C.OB(O)c1ccccc1Cl.c1ccc(-c2ccc(CN3CCO[C@@H](c4ccccc4)C3)cn2)cc1. The van der Waals surface area contributed by atoms with Crippen molar-refractivity contribution in [1.82, 2.24) is 19.8 Å². The van der Waals surface area contributed by atoms with Crippen LogP contribution in [-0.4, -0.2) is 76.3 Å². The van der Waals surface area contributed by atoms with Crippen molar-refractivity contribution in [2.24, 2.45) is 0 Å². The monoisotopic (exact) mass is 834 g/mol. The molecule has 2 N–H and O–H groups in total. The Morgan fingerprint density at radius 2 is 1.11 bits per heavy atom. The molecule has 0 bridgehead atoms. The highest BCUT2D eigenvalue weighted by Crippen LogP contribution is 2.25. The summed E-state index contributed by atoms with van der Waals surface area (Å²) in [5, 5.41) is 17.7. The minimum absolute atomic E-state index is 0. The number of rotatable bonds is 8. The van der Waals surface area contributed by atoms with Gasteiger partial charge in [0.2, 0.25) is 0 Å². The van der Waals surface area contributed by atoms with E-state index in [-0.39, 0.29) is 19.6 Å². The first-order valence-electron chi connectivity index (χ1n) is 18.4. The van der Waals surface area contributed by atoms with Crippen molar-refractivity contribution in [1.29, 1.82) is 0 Å². The molecule has 0 aliphatic carbocycles. The van der Waals surface area contributed by atoms with Crippen LogP contribution < -0.4 is 5.46 Å². The molecule has 2 aromatic heterocycles. The van der Waals surface area contributed by atoms with Gasteiger partial charge in [0, 0.05) is 67.7 Å². The summed E-state index contributed by atoms with van der Waals surface area (Å²) < 4.78 is 12.7. The summed E-state index contributed by atoms with van der Waals surface area (Å²) in [4.78, 5) is 13.8. The molecule has 8 rings (SSSR count). The summed E-state index contributed by atoms with van der Waals surface area (Å²) >= 11 is 8.97. The van der Waals surface area contributed by atoms with Gasteiger partial charge >= 0.3 is 7.12 Å². The summed E-state index contributed by atoms with van der Waals surface area (Å²) in [5.74, 6) is 0. The molecular weight excluding hydrogens is 787 g/mol. The second-order valence-electron chi connectivity index (χ2n) is 13.3. The molecule has 2 fully saturated rings. The van der Waals surface area contributed by atoms with Gasteiger partial charge in [-0.05, 0) is 56.4 Å². The predicted octanol–water partition coefficient (Wildman–Crippen LogP) is 8.40. The van der Waals surface area contributed by atoms with Crippen LogP contribution in [0.3, 0.4) is 0 Å². The fourth-order valence-corrected chi connectivity index (χ4v) is 6.90. The lowest BCUT2D eigenvalue weighted by molar-refractivity contribution is -0.0330. The Morgan fingerprint density at radius 1 is 0.625 bits per heavy atom. The van der Waals surface area contributed by atoms with Crippen LogP contribution in [0.2, 0.25) is 5.02 Å². The molecule has 11 heteroatoms. The quantitative estimate of drug-likeness (QED) is 0.117. The number of hydrogen-bond acceptors (Lipinski definition) is 8. The van der Waals surface area contributed by atoms with E-state index in [9.17, 15) is 0 Å². The molecule has 6 aromatic rings. The number of nitrogens with zero attached hydrogens (tertiary/aromatic N) is 4. The first-order chi connectivity index (χ1) is 26.9. The first-order valence-corrected chi connectivity index (χ1v) is 19.6. The highest BCUT2D eigenvalue weighted by atomic mass is 79.9. The number of benzene rings is 4. The highest BCUT2D eigenvalue weighted by Gasteiger charge is 2.23. The average molecular weight is 836 g/mol. The Balaban J connectivity index is 0.000000173. The van der Waals surface area contributed by atoms with E-state index in [0.717, 1.165) is 68.3 Å². The Morgan fingerprint density at radius 3 is 1.55 bits per heavy atom. The third-order valence-corrected chi connectivity index (χ3v) is 10.1. The summed E-state index contributed by atoms with van der Waals surface area (Å²) in [6.07, 6.45) is 4.26. The minimum atomic E-state index is -1.48. The lowest BCUT2D eigenvalue weighted by atomic mass is 9.80. The molecular formula is C45H49BBrClN4O4. The number of aromatic nitrogens is 2. The first kappa shape index (κ1) is 42.9. The van der Waals surface area contributed by atoms with Crippen LogP contribution in [0, 0.1) is 0 Å². The van der Waals surface area contributed by atoms with Crippen LogP contribution in [0.15, 0.2) is 157 Å². The van der Waals surface area contributed by atoms with Gasteiger partial charge in [-0.15, -0.1) is 0 Å². The normalized spacial score (nSPS) is 16.9. The second kappa shape index (κ2) is 22.5. The van der Waals surface area contributed by atoms with E-state index in [1.807, 2.05) is 48.8 Å². The maximum absolute atomic E-state index is 8.68. The predicted molar refractivity (Wildman–Crippen MR) is 230 cm³/mol. The Labute approximate surface area is 345 Å². The molecule has 4 heterocycles. The molecule has 0 saturated carbocycles. The lowest BCUT2D eigenvalue weighted by Gasteiger charge is -2.33. The maximum atomic E-state index is 8.68. The molecule has 2 aliphatic rings. The number of pyridine rings is 2. The van der Waals surface area contributed by atoms with E-state index in [2.05, 4.69) is 115 Å². The number of hydrogen-bond donors (Lipinski definition) is 2. The zero-order valence-electron chi connectivity index (χ0n) is 30.6. The Bertz CT molecular complexity index is 2000. The summed E-state index contributed by atoms with van der Waals surface area (Å²) in [6, 6.07) is 46.2. The number of morpholine rings is 2. The van der Waals surface area contributed by atoms with Gasteiger partial charge in [0.1, 0.15) is 4.60 Å². The van der Waals surface area contributed by atoms with Gasteiger partial charge in [-0.2, -0.15) is 0 Å². The standard InChI is InChI=1S/C22H22N2O.C16H17BrN2O.C6H6BClO2.CH4/c1-3-7-19(8-4-1)21-12-11-18(15-23-21)16-24-13-14-25-22(17-24)20-9-5-2-6-10-20;17-16-7-6-13(10-18-16)11-19-8-9-20-15(12-19)14-4-2-1-3-5-14;8-6-4-2-1-3-5(6)7(9)10;/h1-12,15,22H,13-14,16-17H2;1-7,10,15H,8-9,11-12H2;1-4,9-10H;1H4/t22-;15-;;/m11../s1. The number of halogens is 2. The third-order valence-electron chi connectivity index (χ3n) is 9.32. The van der Waals surface area contributed by atoms with Crippen molar-refractivity contribution >= 4 is 40.1 Å². The van der Waals surface area contributed by atoms with E-state index < -0.39 is 7.12 Å². The molecule has 0 amide bonds. The van der Waals surface area contributed by atoms with Gasteiger partial charge in [0.25, 0.3) is 0 Å². The number of ether oxygens (including phenoxy) is 2. The fourth-order valence-electron chi connectivity index (χ4n) is 6.43. The lowest BCUT2D eigenvalue weighted by Crippen LogP contribution is -2.37. The highest BCUT2D eigenvalue weighted by molar-refractivity contribution is 9.10. The molecule has 8 nitrogen and oxygen atoms in total. The smallest absolute Gasteiger partial charge is 0.423 e. The van der Waals surface area contributed by atoms with Gasteiger partial charge in [-0.3, -0.25) is 14.8 Å². The van der Waals surface area contributed by atoms with Crippen molar-refractivity contribution in [2.75, 3.05) is 39.4 Å². The van der Waals surface area contributed by atoms with Crippen LogP contribution in [0.1, 0.15) is 41.9 Å². The van der Waals surface area contributed by atoms with Gasteiger partial charge in [0.05, 0.1) is 31.1 Å². The van der Waals surface area contributed by atoms with E-state index in [4.69, 9.17) is 31.1 Å². The average Bonchev–Trinajstić information content (AvgIpc) is 3.24. The zero-order valence-corrected chi connectivity index (χ0v) is 32.9. The van der Waals surface area contributed by atoms with Gasteiger partial charge < -0.3 is 19.5 Å². The second-order valence-corrected chi connectivity index (χ2v) is 14.5. The van der Waals surface area contributed by atoms with Gasteiger partial charge in [-0.1, -0.05) is 140 Å². The maximum Gasteiger partial charge on any atom is 0.489 e. The summed E-state index contributed by atoms with van der Waals surface area (Å²) in [6.45, 7) is 7.17. The molecule has 2 saturated heterocycles. The van der Waals surface area contributed by atoms with Crippen LogP contribution >= 0.6 is 27.5 Å². The van der Waals surface area contributed by atoms with Crippen LogP contribution in [0.25, 0.3) is 11.3 Å². The zero-order chi connectivity index (χ0) is 38.2. The Kier molecular flexibility index (Phi) is 17.2. The van der Waals surface area contributed by atoms with E-state index >= 15 is 0 Å².